The molecule has 0 saturated heterocycles. The second kappa shape index (κ2) is 14.4. The molecular formula is C32H42N4O10. The van der Waals surface area contributed by atoms with Gasteiger partial charge in [0.15, 0.2) is 17.1 Å². The average molecular weight is 643 g/mol. The van der Waals surface area contributed by atoms with Crippen LogP contribution in [0.25, 0.3) is 21.7 Å². The van der Waals surface area contributed by atoms with Gasteiger partial charge in [-0.2, -0.15) is 0 Å². The van der Waals surface area contributed by atoms with E-state index in [0.717, 1.165) is 9.80 Å². The lowest BCUT2D eigenvalue weighted by molar-refractivity contribution is 0.0516. The standard InChI is InChI=1S/C32H42N4O10/c1-19(37)23-18-22-24(35(29(40)41)16-10-14-33-27(38)45-31(2,3)4)20-12-8-9-13-21(20)25(26(22)44-23)36(30(42)43)17-11-15-34-28(39)46-32(5,6)7/h8-9,12-13,18H,10-11,14-17H2,1-7H3,(H,33,38)(H,34,39)(H,40,41)(H,42,43). The van der Waals surface area contributed by atoms with Crippen LogP contribution in [0, 0.1) is 0 Å². The Bertz CT molecular complexity index is 1510. The van der Waals surface area contributed by atoms with Gasteiger partial charge in [-0.3, -0.25) is 14.6 Å². The van der Waals surface area contributed by atoms with E-state index in [1.54, 1.807) is 65.8 Å². The van der Waals surface area contributed by atoms with Crippen LogP contribution >= 0.6 is 0 Å². The van der Waals surface area contributed by atoms with E-state index in [2.05, 4.69) is 10.6 Å². The monoisotopic (exact) mass is 642 g/mol. The molecule has 0 atom stereocenters. The lowest BCUT2D eigenvalue weighted by Gasteiger charge is -2.26. The number of ether oxygens (including phenoxy) is 2. The molecule has 1 heterocycles. The number of hydrogen-bond acceptors (Lipinski definition) is 8. The second-order valence-electron chi connectivity index (χ2n) is 12.6. The summed E-state index contributed by atoms with van der Waals surface area (Å²) in [5.41, 5.74) is -1.05. The number of rotatable bonds is 11. The van der Waals surface area contributed by atoms with Crippen molar-refractivity contribution in [3.05, 3.63) is 36.1 Å². The Morgan fingerprint density at radius 3 is 1.59 bits per heavy atom. The average Bonchev–Trinajstić information content (AvgIpc) is 3.36. The Hall–Kier alpha value is -5.01. The van der Waals surface area contributed by atoms with Crippen LogP contribution in [-0.2, 0) is 9.47 Å². The van der Waals surface area contributed by atoms with E-state index in [0.29, 0.717) is 10.8 Å². The fourth-order valence-electron chi connectivity index (χ4n) is 4.73. The molecule has 14 heteroatoms. The van der Waals surface area contributed by atoms with Crippen molar-refractivity contribution >= 4 is 63.3 Å². The molecule has 2 aromatic carbocycles. The molecule has 4 amide bonds. The minimum absolute atomic E-state index is 0.0135. The molecule has 0 unspecified atom stereocenters. The molecule has 46 heavy (non-hydrogen) atoms. The summed E-state index contributed by atoms with van der Waals surface area (Å²) in [4.78, 5) is 64.0. The van der Waals surface area contributed by atoms with Gasteiger partial charge in [0.2, 0.25) is 0 Å². The first kappa shape index (κ1) is 35.5. The maximum atomic E-state index is 12.7. The molecule has 0 aliphatic carbocycles. The van der Waals surface area contributed by atoms with E-state index in [1.165, 1.54) is 13.0 Å². The number of hydrogen-bond donors (Lipinski definition) is 4. The highest BCUT2D eigenvalue weighted by Gasteiger charge is 2.30. The molecule has 0 aliphatic rings. The number of amides is 4. The highest BCUT2D eigenvalue weighted by molar-refractivity contribution is 6.23. The third kappa shape index (κ3) is 9.25. The lowest BCUT2D eigenvalue weighted by Crippen LogP contribution is -2.36. The molecule has 0 radical (unpaired) electrons. The van der Waals surface area contributed by atoms with Gasteiger partial charge in [0, 0.05) is 49.3 Å². The molecule has 250 valence electrons. The van der Waals surface area contributed by atoms with Crippen LogP contribution in [0.3, 0.4) is 0 Å². The van der Waals surface area contributed by atoms with E-state index >= 15 is 0 Å². The van der Waals surface area contributed by atoms with Crippen LogP contribution < -0.4 is 20.4 Å². The molecule has 3 rings (SSSR count). The summed E-state index contributed by atoms with van der Waals surface area (Å²) in [6, 6.07) is 8.07. The van der Waals surface area contributed by atoms with Crippen molar-refractivity contribution in [2.24, 2.45) is 0 Å². The van der Waals surface area contributed by atoms with Gasteiger partial charge in [-0.15, -0.1) is 0 Å². The number of furan rings is 1. The fraction of sp³-hybridized carbons (Fsp3) is 0.469. The van der Waals surface area contributed by atoms with Gasteiger partial charge in [-0.25, -0.2) is 19.2 Å². The molecule has 0 spiro atoms. The summed E-state index contributed by atoms with van der Waals surface area (Å²) in [5.74, 6) is -0.523. The summed E-state index contributed by atoms with van der Waals surface area (Å²) in [6.45, 7) is 11.7. The van der Waals surface area contributed by atoms with Crippen molar-refractivity contribution in [1.82, 2.24) is 10.6 Å². The van der Waals surface area contributed by atoms with Gasteiger partial charge >= 0.3 is 24.4 Å². The normalized spacial score (nSPS) is 11.6. The number of nitrogens with zero attached hydrogens (tertiary/aromatic N) is 2. The van der Waals surface area contributed by atoms with Crippen LogP contribution in [0.2, 0.25) is 0 Å². The first-order valence-corrected chi connectivity index (χ1v) is 14.8. The number of Topliss-reactive ketones (excluding diaryl/α,β-unsaturated/α-hetero) is 1. The zero-order valence-corrected chi connectivity index (χ0v) is 27.2. The van der Waals surface area contributed by atoms with Gasteiger partial charge in [0.1, 0.15) is 11.2 Å². The lowest BCUT2D eigenvalue weighted by atomic mass is 10.0. The molecule has 1 aromatic heterocycles. The van der Waals surface area contributed by atoms with Gasteiger partial charge in [-0.05, 0) is 60.5 Å². The predicted octanol–water partition coefficient (Wildman–Crippen LogP) is 6.59. The topological polar surface area (TPSA) is 188 Å². The number of carboxylic acid groups (broad SMARTS) is 2. The second-order valence-corrected chi connectivity index (χ2v) is 12.6. The summed E-state index contributed by atoms with van der Waals surface area (Å²) >= 11 is 0. The molecular weight excluding hydrogens is 600 g/mol. The SMILES string of the molecule is CC(=O)c1cc2c(N(CCCNC(=O)OC(C)(C)C)C(=O)O)c3ccccc3c(N(CCCNC(=O)OC(C)(C)C)C(=O)O)c2o1. The maximum Gasteiger partial charge on any atom is 0.411 e. The predicted molar refractivity (Wildman–Crippen MR) is 172 cm³/mol. The van der Waals surface area contributed by atoms with Crippen LogP contribution in [0.15, 0.2) is 34.7 Å². The number of carbonyl (C=O) groups excluding carboxylic acids is 3. The molecule has 3 aromatic rings. The van der Waals surface area contributed by atoms with Crippen molar-refractivity contribution in [3.63, 3.8) is 0 Å². The number of benzene rings is 2. The molecule has 4 N–H and O–H groups in total. The third-order valence-electron chi connectivity index (χ3n) is 6.44. The van der Waals surface area contributed by atoms with Crippen LogP contribution in [0.4, 0.5) is 30.6 Å². The molecule has 14 nitrogen and oxygen atoms in total. The largest absolute Gasteiger partial charge is 0.465 e. The van der Waals surface area contributed by atoms with Crippen LogP contribution in [0.1, 0.15) is 71.9 Å². The minimum Gasteiger partial charge on any atom is -0.465 e. The van der Waals surface area contributed by atoms with Crippen molar-refractivity contribution in [3.8, 4) is 0 Å². The van der Waals surface area contributed by atoms with E-state index < -0.39 is 41.4 Å². The van der Waals surface area contributed by atoms with Crippen LogP contribution in [-0.4, -0.2) is 77.8 Å². The number of carbonyl (C=O) groups is 5. The van der Waals surface area contributed by atoms with Crippen LogP contribution in [0.5, 0.6) is 0 Å². The summed E-state index contributed by atoms with van der Waals surface area (Å²) in [7, 11) is 0. The van der Waals surface area contributed by atoms with Gasteiger partial charge in [0.05, 0.1) is 11.4 Å². The Morgan fingerprint density at radius 2 is 1.17 bits per heavy atom. The molecule has 0 saturated carbocycles. The Morgan fingerprint density at radius 1 is 0.739 bits per heavy atom. The number of fused-ring (bicyclic) bond motifs is 2. The fourth-order valence-corrected chi connectivity index (χ4v) is 4.73. The van der Waals surface area contributed by atoms with Crippen molar-refractivity contribution in [2.75, 3.05) is 36.0 Å². The third-order valence-corrected chi connectivity index (χ3v) is 6.44. The van der Waals surface area contributed by atoms with E-state index in [4.69, 9.17) is 13.9 Å². The molecule has 0 fully saturated rings. The Balaban J connectivity index is 2.03. The summed E-state index contributed by atoms with van der Waals surface area (Å²) in [6.07, 6.45) is -3.48. The molecule has 0 aliphatic heterocycles. The first-order valence-electron chi connectivity index (χ1n) is 14.8. The van der Waals surface area contributed by atoms with Crippen molar-refractivity contribution < 1.29 is 48.1 Å². The van der Waals surface area contributed by atoms with Crippen molar-refractivity contribution in [2.45, 2.75) is 72.5 Å². The number of ketones is 1. The van der Waals surface area contributed by atoms with E-state index in [-0.39, 0.29) is 67.1 Å². The zero-order chi connectivity index (χ0) is 34.4. The smallest absolute Gasteiger partial charge is 0.411 e. The Kier molecular flexibility index (Phi) is 11.1. The van der Waals surface area contributed by atoms with Gasteiger partial charge in [0.25, 0.3) is 0 Å². The zero-order valence-electron chi connectivity index (χ0n) is 27.2. The highest BCUT2D eigenvalue weighted by atomic mass is 16.6. The maximum absolute atomic E-state index is 12.7. The quantitative estimate of drug-likeness (QED) is 0.101. The van der Waals surface area contributed by atoms with Crippen molar-refractivity contribution in [1.29, 1.82) is 0 Å². The van der Waals surface area contributed by atoms with Gasteiger partial charge < -0.3 is 34.7 Å². The first-order chi connectivity index (χ1) is 21.4. The Labute approximate surface area is 266 Å². The summed E-state index contributed by atoms with van der Waals surface area (Å²) < 4.78 is 16.4. The van der Waals surface area contributed by atoms with E-state index in [1.807, 2.05) is 0 Å². The minimum atomic E-state index is -1.32. The number of anilines is 2. The summed E-state index contributed by atoms with van der Waals surface area (Å²) in [5, 5.41) is 26.8. The number of nitrogens with one attached hydrogen (secondary N) is 2. The molecule has 0 bridgehead atoms. The number of alkyl carbamates (subject to hydrolysis) is 2. The van der Waals surface area contributed by atoms with E-state index in [9.17, 15) is 34.2 Å². The highest BCUT2D eigenvalue weighted by Crippen LogP contribution is 2.45. The van der Waals surface area contributed by atoms with Gasteiger partial charge in [-0.1, -0.05) is 24.3 Å².